The second-order valence-corrected chi connectivity index (χ2v) is 21.0. The van der Waals surface area contributed by atoms with Gasteiger partial charge in [0.25, 0.3) is 0 Å². The summed E-state index contributed by atoms with van der Waals surface area (Å²) in [7, 11) is 2.62. The summed E-state index contributed by atoms with van der Waals surface area (Å²) in [5.41, 5.74) is 12.5. The number of likely N-dealkylation sites (tertiary alicyclic amines) is 2. The topological polar surface area (TPSA) is 175 Å². The highest BCUT2D eigenvalue weighted by molar-refractivity contribution is 5.89. The van der Waals surface area contributed by atoms with Crippen molar-refractivity contribution < 1.29 is 28.7 Å². The number of hydrogen-bond acceptors (Lipinski definition) is 8. The molecular weight excluding hydrogens is 869 g/mol. The van der Waals surface area contributed by atoms with Crippen LogP contribution in [0.5, 0.6) is 0 Å². The van der Waals surface area contributed by atoms with Crippen molar-refractivity contribution in [2.75, 3.05) is 27.3 Å². The minimum Gasteiger partial charge on any atom is -0.453 e. The standard InChI is InChI=1S/C55H68N8O6/c1-29(2)48(60-54(66)68-8)52(64)62-27-31(5)20-46(62)50-56-42-18-16-38(25-44(42)58-50)40-23-34-10-12-35-14-15-36(33(7)22-37(40)13-11-34)24-41(35)39-17-19-43-45(26-39)59-51(57-43)47-21-32(6)28-63(47)53(65)49(30(3)4)61-55(67)69-9/h11,13-19,23,25-26,29-33,36,46-49H,10,12,20-22,24,27-28H2,1-9H3,(H,56,58)(H,57,59)(H,60,66)(H,61,67)/t31-,32-,33-,36-,46+,47+,48+,49+/m1/s1. The monoisotopic (exact) mass is 937 g/mol. The zero-order chi connectivity index (χ0) is 48.8. The van der Waals surface area contributed by atoms with Crippen LogP contribution in [0.2, 0.25) is 0 Å². The quantitative estimate of drug-likeness (QED) is 0.107. The van der Waals surface area contributed by atoms with Gasteiger partial charge in [-0.3, -0.25) is 9.59 Å². The second kappa shape index (κ2) is 19.5. The molecule has 2 aliphatic heterocycles. The number of amides is 4. The first kappa shape index (κ1) is 47.6. The van der Waals surface area contributed by atoms with Crippen LogP contribution in [0, 0.1) is 35.5 Å². The fourth-order valence-corrected chi connectivity index (χ4v) is 11.3. The number of aromatic nitrogens is 4. The number of aromatic amines is 2. The molecule has 14 nitrogen and oxygen atoms in total. The number of imidazole rings is 2. The number of alkyl carbamates (subject to hydrolysis) is 2. The Morgan fingerprint density at radius 3 is 1.75 bits per heavy atom. The molecule has 364 valence electrons. The molecule has 4 heterocycles. The lowest BCUT2D eigenvalue weighted by Gasteiger charge is -2.30. The third-order valence-corrected chi connectivity index (χ3v) is 15.2. The number of hydrogen-bond donors (Lipinski definition) is 4. The number of carbonyl (C=O) groups is 4. The highest BCUT2D eigenvalue weighted by atomic mass is 16.5. The molecule has 0 radical (unpaired) electrons. The molecule has 4 amide bonds. The molecule has 8 atom stereocenters. The molecule has 0 unspecified atom stereocenters. The number of ether oxygens (including phenoxy) is 2. The Morgan fingerprint density at radius 2 is 1.22 bits per heavy atom. The van der Waals surface area contributed by atoms with Gasteiger partial charge in [-0.25, -0.2) is 19.6 Å². The summed E-state index contributed by atoms with van der Waals surface area (Å²) in [5, 5.41) is 5.52. The number of rotatable bonds is 10. The van der Waals surface area contributed by atoms with E-state index in [1.807, 2.05) is 37.5 Å². The van der Waals surface area contributed by atoms with E-state index in [2.05, 4.69) is 108 Å². The van der Waals surface area contributed by atoms with E-state index in [9.17, 15) is 19.2 Å². The lowest BCUT2D eigenvalue weighted by molar-refractivity contribution is -0.136. The Morgan fingerprint density at radius 1 is 0.681 bits per heavy atom. The van der Waals surface area contributed by atoms with Crippen LogP contribution >= 0.6 is 0 Å². The Hall–Kier alpha value is -6.44. The van der Waals surface area contributed by atoms with E-state index < -0.39 is 24.3 Å². The van der Waals surface area contributed by atoms with Gasteiger partial charge in [-0.05, 0) is 137 Å². The first-order chi connectivity index (χ1) is 33.1. The molecule has 2 saturated heterocycles. The van der Waals surface area contributed by atoms with Gasteiger partial charge in [0.15, 0.2) is 0 Å². The average Bonchev–Trinajstić information content (AvgIpc) is 4.14. The number of allylic oxidation sites excluding steroid dienone is 4. The van der Waals surface area contributed by atoms with Crippen LogP contribution in [0.1, 0.15) is 115 Å². The van der Waals surface area contributed by atoms with Crippen molar-refractivity contribution in [1.29, 1.82) is 0 Å². The number of H-pyrrole nitrogens is 2. The number of carbonyl (C=O) groups excluding carboxylic acids is 4. The molecule has 0 spiro atoms. The number of aryl methyl sites for hydroxylation is 1. The molecule has 5 aromatic rings. The molecule has 4 N–H and O–H groups in total. The van der Waals surface area contributed by atoms with Gasteiger partial charge in [0, 0.05) is 13.1 Å². The molecule has 2 fully saturated rings. The minimum atomic E-state index is -0.703. The zero-order valence-corrected chi connectivity index (χ0v) is 41.5. The van der Waals surface area contributed by atoms with Crippen LogP contribution in [0.15, 0.2) is 72.3 Å². The lowest BCUT2D eigenvalue weighted by Crippen LogP contribution is -2.51. The number of methoxy groups -OCH3 is 2. The summed E-state index contributed by atoms with van der Waals surface area (Å²) in [5.74, 6) is 2.31. The third-order valence-electron chi connectivity index (χ3n) is 15.2. The van der Waals surface area contributed by atoms with Crippen molar-refractivity contribution >= 4 is 51.6 Å². The summed E-state index contributed by atoms with van der Waals surface area (Å²) in [6, 6.07) is 18.2. The molecule has 2 aromatic heterocycles. The second-order valence-electron chi connectivity index (χ2n) is 21.0. The maximum Gasteiger partial charge on any atom is 0.407 e. The highest BCUT2D eigenvalue weighted by Gasteiger charge is 2.42. The number of benzene rings is 3. The predicted octanol–water partition coefficient (Wildman–Crippen LogP) is 9.84. The van der Waals surface area contributed by atoms with E-state index >= 15 is 0 Å². The van der Waals surface area contributed by atoms with Crippen molar-refractivity contribution in [3.63, 3.8) is 0 Å². The maximum atomic E-state index is 14.0. The summed E-state index contributed by atoms with van der Waals surface area (Å²) in [6.07, 6.45) is 8.78. The molecular formula is C55H68N8O6. The molecule has 5 aliphatic carbocycles. The van der Waals surface area contributed by atoms with E-state index in [4.69, 9.17) is 19.4 Å². The molecule has 0 saturated carbocycles. The summed E-state index contributed by atoms with van der Waals surface area (Å²) < 4.78 is 9.70. The molecule has 3 aromatic carbocycles. The van der Waals surface area contributed by atoms with E-state index in [1.54, 1.807) is 0 Å². The Bertz CT molecular complexity index is 2840. The molecule has 4 bridgehead atoms. The fourth-order valence-electron chi connectivity index (χ4n) is 11.3. The summed E-state index contributed by atoms with van der Waals surface area (Å²) in [4.78, 5) is 73.5. The van der Waals surface area contributed by atoms with Crippen LogP contribution < -0.4 is 10.6 Å². The Labute approximate surface area is 405 Å². The van der Waals surface area contributed by atoms with Crippen molar-refractivity contribution in [1.82, 2.24) is 40.4 Å². The van der Waals surface area contributed by atoms with Crippen molar-refractivity contribution in [2.45, 2.75) is 111 Å². The fraction of sp³-hybridized carbons (Fsp3) is 0.491. The van der Waals surface area contributed by atoms with Crippen molar-refractivity contribution in [3.8, 4) is 11.1 Å². The number of nitrogens with one attached hydrogen (secondary N) is 4. The normalized spacial score (nSPS) is 23.5. The summed E-state index contributed by atoms with van der Waals surface area (Å²) in [6.45, 7) is 15.6. The van der Waals surface area contributed by atoms with Crippen LogP contribution in [-0.2, 0) is 31.9 Å². The van der Waals surface area contributed by atoms with E-state index in [0.717, 1.165) is 77.8 Å². The Kier molecular flexibility index (Phi) is 13.5. The van der Waals surface area contributed by atoms with Crippen molar-refractivity contribution in [3.05, 3.63) is 101 Å². The SMILES string of the molecule is COC(=O)N[C@H](C(=O)N1C[C@H](C)C[C@H]1c1nc2ccc(C3=C4C=C[C@H](C3)[C@H](C)Cc3ccc(cc3-c3ccc5nc([C@@H]6C[C@@H](C)CN6C(=O)[C@@H](NC(=O)OC)C(C)C)[nH]c5c3)CC4)cc2[nH]1)C(C)C. The van der Waals surface area contributed by atoms with Crippen LogP contribution in [0.25, 0.3) is 38.8 Å². The van der Waals surface area contributed by atoms with Crippen LogP contribution in [-0.4, -0.2) is 93.1 Å². The van der Waals surface area contributed by atoms with Gasteiger partial charge in [-0.2, -0.15) is 0 Å². The van der Waals surface area contributed by atoms with Gasteiger partial charge in [-0.15, -0.1) is 0 Å². The van der Waals surface area contributed by atoms with Gasteiger partial charge in [-0.1, -0.05) is 91.0 Å². The molecule has 69 heavy (non-hydrogen) atoms. The van der Waals surface area contributed by atoms with Gasteiger partial charge < -0.3 is 39.9 Å². The van der Waals surface area contributed by atoms with E-state index in [0.29, 0.717) is 24.9 Å². The van der Waals surface area contributed by atoms with E-state index in [-0.39, 0.29) is 47.6 Å². The average molecular weight is 937 g/mol. The summed E-state index contributed by atoms with van der Waals surface area (Å²) >= 11 is 0. The van der Waals surface area contributed by atoms with Gasteiger partial charge >= 0.3 is 12.2 Å². The zero-order valence-electron chi connectivity index (χ0n) is 41.5. The molecule has 12 rings (SSSR count). The van der Waals surface area contributed by atoms with Crippen LogP contribution in [0.3, 0.4) is 0 Å². The maximum absolute atomic E-state index is 14.0. The minimum absolute atomic E-state index is 0.115. The molecule has 14 heteroatoms. The van der Waals surface area contributed by atoms with Crippen molar-refractivity contribution in [2.24, 2.45) is 35.5 Å². The number of nitrogens with zero attached hydrogens (tertiary/aromatic N) is 4. The lowest BCUT2D eigenvalue weighted by atomic mass is 9.75. The van der Waals surface area contributed by atoms with Gasteiger partial charge in [0.1, 0.15) is 23.7 Å². The van der Waals surface area contributed by atoms with Gasteiger partial charge in [0.05, 0.1) is 48.4 Å². The largest absolute Gasteiger partial charge is 0.453 e. The first-order valence-corrected chi connectivity index (χ1v) is 24.9. The Balaban J connectivity index is 0.967. The molecule has 7 aliphatic rings. The number of fused-ring (bicyclic) bond motifs is 2. The van der Waals surface area contributed by atoms with Crippen LogP contribution in [0.4, 0.5) is 9.59 Å². The third kappa shape index (κ3) is 9.63. The first-order valence-electron chi connectivity index (χ1n) is 24.9. The van der Waals surface area contributed by atoms with E-state index in [1.165, 1.54) is 47.6 Å². The van der Waals surface area contributed by atoms with Gasteiger partial charge in [0.2, 0.25) is 11.8 Å². The predicted molar refractivity (Wildman–Crippen MR) is 268 cm³/mol. The smallest absolute Gasteiger partial charge is 0.407 e. The highest BCUT2D eigenvalue weighted by Crippen LogP contribution is 2.42.